The summed E-state index contributed by atoms with van der Waals surface area (Å²) in [5.74, 6) is 0. The predicted molar refractivity (Wildman–Crippen MR) is 46.9 cm³/mol. The van der Waals surface area contributed by atoms with E-state index in [2.05, 4.69) is 28.3 Å². The number of ether oxygens (including phenoxy) is 1. The van der Waals surface area contributed by atoms with Crippen molar-refractivity contribution in [2.75, 3.05) is 13.2 Å². The lowest BCUT2D eigenvalue weighted by Gasteiger charge is -2.26. The third kappa shape index (κ3) is 1.68. The van der Waals surface area contributed by atoms with Gasteiger partial charge in [-0.2, -0.15) is 0 Å². The number of rotatable bonds is 3. The van der Waals surface area contributed by atoms with Crippen LogP contribution >= 0.6 is 0 Å². The Kier molecular flexibility index (Phi) is 2.15. The van der Waals surface area contributed by atoms with Crippen molar-refractivity contribution in [2.24, 2.45) is 7.05 Å². The Morgan fingerprint density at radius 2 is 2.50 bits per heavy atom. The molecule has 0 aromatic carbocycles. The molecule has 0 spiro atoms. The Hall–Kier alpha value is -0.800. The summed E-state index contributed by atoms with van der Waals surface area (Å²) >= 11 is 0. The van der Waals surface area contributed by atoms with E-state index in [0.29, 0.717) is 6.04 Å². The van der Waals surface area contributed by atoms with Crippen LogP contribution in [0, 0.1) is 0 Å². The molecule has 0 aliphatic carbocycles. The van der Waals surface area contributed by atoms with Gasteiger partial charge in [-0.1, -0.05) is 0 Å². The second kappa shape index (κ2) is 3.29. The molecule has 1 N–H and O–H groups in total. The molecule has 0 amide bonds. The van der Waals surface area contributed by atoms with Gasteiger partial charge in [0.1, 0.15) is 0 Å². The lowest BCUT2D eigenvalue weighted by Crippen LogP contribution is -2.45. The van der Waals surface area contributed by atoms with Crippen LogP contribution in [0.3, 0.4) is 0 Å². The van der Waals surface area contributed by atoms with Gasteiger partial charge in [0.15, 0.2) is 0 Å². The van der Waals surface area contributed by atoms with Crippen LogP contribution in [-0.2, 0) is 18.3 Å². The molecule has 1 aromatic heterocycles. The largest absolute Gasteiger partial charge is 0.378 e. The molecule has 1 fully saturated rings. The topological polar surface area (TPSA) is 26.2 Å². The van der Waals surface area contributed by atoms with Gasteiger partial charge in [-0.3, -0.25) is 0 Å². The van der Waals surface area contributed by atoms with E-state index in [0.717, 1.165) is 19.8 Å². The molecule has 0 unspecified atom stereocenters. The van der Waals surface area contributed by atoms with E-state index in [1.807, 2.05) is 7.05 Å². The first-order chi connectivity index (χ1) is 5.84. The molecular weight excluding hydrogens is 152 g/mol. The minimum atomic E-state index is 0.574. The first kappa shape index (κ1) is 7.83. The van der Waals surface area contributed by atoms with Crippen LogP contribution in [0.5, 0.6) is 0 Å². The summed E-state index contributed by atoms with van der Waals surface area (Å²) in [7, 11) is 2.04. The highest BCUT2D eigenvalue weighted by Gasteiger charge is 2.16. The van der Waals surface area contributed by atoms with Crippen molar-refractivity contribution in [3.63, 3.8) is 0 Å². The second-order valence-corrected chi connectivity index (χ2v) is 3.30. The summed E-state index contributed by atoms with van der Waals surface area (Å²) in [6, 6.07) is 2.71. The zero-order valence-corrected chi connectivity index (χ0v) is 7.29. The molecule has 3 nitrogen and oxygen atoms in total. The number of hydrogen-bond donors (Lipinski definition) is 1. The van der Waals surface area contributed by atoms with Gasteiger partial charge >= 0.3 is 0 Å². The Morgan fingerprint density at radius 1 is 1.67 bits per heavy atom. The number of aromatic nitrogens is 1. The van der Waals surface area contributed by atoms with Gasteiger partial charge in [0.05, 0.1) is 19.3 Å². The average molecular weight is 166 g/mol. The van der Waals surface area contributed by atoms with Gasteiger partial charge in [0.25, 0.3) is 0 Å². The molecule has 1 aliphatic rings. The van der Waals surface area contributed by atoms with Crippen molar-refractivity contribution >= 4 is 0 Å². The first-order valence-electron chi connectivity index (χ1n) is 4.26. The van der Waals surface area contributed by atoms with Crippen molar-refractivity contribution in [1.29, 1.82) is 0 Å². The number of aryl methyl sites for hydroxylation is 1. The van der Waals surface area contributed by atoms with E-state index in [1.54, 1.807) is 0 Å². The molecule has 2 rings (SSSR count). The van der Waals surface area contributed by atoms with Crippen molar-refractivity contribution in [3.05, 3.63) is 24.0 Å². The smallest absolute Gasteiger partial charge is 0.0643 e. The normalized spacial score (nSPS) is 17.8. The SMILES string of the molecule is Cn1ccc(CNC2COC2)c1. The van der Waals surface area contributed by atoms with Gasteiger partial charge in [0.2, 0.25) is 0 Å². The van der Waals surface area contributed by atoms with E-state index in [4.69, 9.17) is 4.74 Å². The molecule has 2 heterocycles. The third-order valence-electron chi connectivity index (χ3n) is 2.13. The van der Waals surface area contributed by atoms with Crippen LogP contribution in [0.2, 0.25) is 0 Å². The van der Waals surface area contributed by atoms with Gasteiger partial charge < -0.3 is 14.6 Å². The maximum Gasteiger partial charge on any atom is 0.0643 e. The summed E-state index contributed by atoms with van der Waals surface area (Å²) in [4.78, 5) is 0. The van der Waals surface area contributed by atoms with Crippen LogP contribution in [0.4, 0.5) is 0 Å². The summed E-state index contributed by atoms with van der Waals surface area (Å²) in [5.41, 5.74) is 1.34. The van der Waals surface area contributed by atoms with E-state index in [1.165, 1.54) is 5.56 Å². The molecule has 3 heteroatoms. The van der Waals surface area contributed by atoms with Crippen molar-refractivity contribution in [3.8, 4) is 0 Å². The Morgan fingerprint density at radius 3 is 3.00 bits per heavy atom. The van der Waals surface area contributed by atoms with E-state index < -0.39 is 0 Å². The predicted octanol–water partition coefficient (Wildman–Crippen LogP) is 0.513. The standard InChI is InChI=1S/C9H14N2O/c1-11-3-2-8(5-11)4-10-9-6-12-7-9/h2-3,5,9-10H,4,6-7H2,1H3. The molecule has 0 radical (unpaired) electrons. The number of nitrogens with one attached hydrogen (secondary N) is 1. The fraction of sp³-hybridized carbons (Fsp3) is 0.556. The van der Waals surface area contributed by atoms with Crippen LogP contribution in [-0.4, -0.2) is 23.8 Å². The maximum atomic E-state index is 5.06. The van der Waals surface area contributed by atoms with Gasteiger partial charge in [-0.05, 0) is 11.6 Å². The van der Waals surface area contributed by atoms with Crippen LogP contribution in [0.15, 0.2) is 18.5 Å². The highest BCUT2D eigenvalue weighted by Crippen LogP contribution is 2.03. The molecular formula is C9H14N2O. The molecule has 1 saturated heterocycles. The molecule has 0 atom stereocenters. The highest BCUT2D eigenvalue weighted by atomic mass is 16.5. The van der Waals surface area contributed by atoms with Crippen molar-refractivity contribution < 1.29 is 4.74 Å². The third-order valence-corrected chi connectivity index (χ3v) is 2.13. The van der Waals surface area contributed by atoms with Crippen molar-refractivity contribution in [1.82, 2.24) is 9.88 Å². The molecule has 0 bridgehead atoms. The lowest BCUT2D eigenvalue weighted by atomic mass is 10.2. The van der Waals surface area contributed by atoms with Gasteiger partial charge in [0, 0.05) is 26.0 Å². The number of hydrogen-bond acceptors (Lipinski definition) is 2. The zero-order valence-electron chi connectivity index (χ0n) is 7.29. The van der Waals surface area contributed by atoms with Gasteiger partial charge in [-0.25, -0.2) is 0 Å². The Bertz CT molecular complexity index is 253. The summed E-state index contributed by atoms with van der Waals surface area (Å²) in [6.07, 6.45) is 4.20. The first-order valence-corrected chi connectivity index (χ1v) is 4.26. The molecule has 12 heavy (non-hydrogen) atoms. The summed E-state index contributed by atoms with van der Waals surface area (Å²) in [6.45, 7) is 2.69. The molecule has 1 aromatic rings. The quantitative estimate of drug-likeness (QED) is 0.708. The minimum Gasteiger partial charge on any atom is -0.378 e. The summed E-state index contributed by atoms with van der Waals surface area (Å²) in [5, 5.41) is 3.41. The Labute approximate surface area is 72.3 Å². The van der Waals surface area contributed by atoms with E-state index >= 15 is 0 Å². The lowest BCUT2D eigenvalue weighted by molar-refractivity contribution is -0.00578. The second-order valence-electron chi connectivity index (χ2n) is 3.30. The number of nitrogens with zero attached hydrogens (tertiary/aromatic N) is 1. The molecule has 66 valence electrons. The van der Waals surface area contributed by atoms with Crippen molar-refractivity contribution in [2.45, 2.75) is 12.6 Å². The van der Waals surface area contributed by atoms with E-state index in [-0.39, 0.29) is 0 Å². The van der Waals surface area contributed by atoms with Crippen LogP contribution in [0.1, 0.15) is 5.56 Å². The van der Waals surface area contributed by atoms with Crippen LogP contribution in [0.25, 0.3) is 0 Å². The van der Waals surface area contributed by atoms with E-state index in [9.17, 15) is 0 Å². The monoisotopic (exact) mass is 166 g/mol. The fourth-order valence-electron chi connectivity index (χ4n) is 1.28. The zero-order chi connectivity index (χ0) is 8.39. The van der Waals surface area contributed by atoms with Gasteiger partial charge in [-0.15, -0.1) is 0 Å². The summed E-state index contributed by atoms with van der Waals surface area (Å²) < 4.78 is 7.12. The Balaban J connectivity index is 1.79. The average Bonchev–Trinajstić information content (AvgIpc) is 2.32. The molecule has 1 aliphatic heterocycles. The maximum absolute atomic E-state index is 5.06. The highest BCUT2D eigenvalue weighted by molar-refractivity contribution is 5.09. The fourth-order valence-corrected chi connectivity index (χ4v) is 1.28. The molecule has 0 saturated carbocycles. The van der Waals surface area contributed by atoms with Crippen LogP contribution < -0.4 is 5.32 Å². The minimum absolute atomic E-state index is 0.574.